The number of hydrogen-bond acceptors (Lipinski definition) is 4. The molecule has 1 aromatic rings. The highest BCUT2D eigenvalue weighted by Gasteiger charge is 2.25. The first-order valence-corrected chi connectivity index (χ1v) is 4.13. The summed E-state index contributed by atoms with van der Waals surface area (Å²) in [6.07, 6.45) is 1.55. The lowest BCUT2D eigenvalue weighted by atomic mass is 10.3. The van der Waals surface area contributed by atoms with Gasteiger partial charge in [-0.25, -0.2) is 10.8 Å². The quantitative estimate of drug-likeness (QED) is 0.518. The Balaban J connectivity index is 2.41. The Hall–Kier alpha value is -1.56. The van der Waals surface area contributed by atoms with Crippen molar-refractivity contribution < 1.29 is 0 Å². The number of aromatic amines is 1. The Kier molecular flexibility index (Phi) is 1.70. The van der Waals surface area contributed by atoms with Gasteiger partial charge in [-0.15, -0.1) is 0 Å². The molecule has 0 bridgehead atoms. The molecule has 6 heteroatoms. The summed E-state index contributed by atoms with van der Waals surface area (Å²) in [7, 11) is 0. The maximum absolute atomic E-state index is 7.81. The van der Waals surface area contributed by atoms with E-state index >= 15 is 0 Å². The van der Waals surface area contributed by atoms with Gasteiger partial charge in [0.1, 0.15) is 18.2 Å². The third-order valence-corrected chi connectivity index (χ3v) is 2.15. The van der Waals surface area contributed by atoms with Crippen LogP contribution in [0.4, 0.5) is 5.82 Å². The first-order valence-electron chi connectivity index (χ1n) is 4.13. The number of H-pyrrole nitrogens is 1. The molecule has 0 saturated carbocycles. The van der Waals surface area contributed by atoms with Crippen molar-refractivity contribution in [2.45, 2.75) is 6.92 Å². The third-order valence-electron chi connectivity index (χ3n) is 2.15. The standard InChI is InChI=1S/C7H12N6/c1-2-12-4-13(9)7-5(6(12)8)10-3-11-7/h3,8H,2,4,9H2,1H3,(H,10,11). The van der Waals surface area contributed by atoms with Crippen molar-refractivity contribution in [1.29, 1.82) is 5.41 Å². The van der Waals surface area contributed by atoms with Crippen molar-refractivity contribution >= 4 is 11.7 Å². The molecule has 0 fully saturated rings. The zero-order chi connectivity index (χ0) is 9.42. The number of rotatable bonds is 1. The Labute approximate surface area is 75.8 Å². The number of hydrazine groups is 1. The van der Waals surface area contributed by atoms with Gasteiger partial charge in [-0.3, -0.25) is 10.4 Å². The van der Waals surface area contributed by atoms with Crippen LogP contribution in [0.25, 0.3) is 0 Å². The largest absolute Gasteiger partial charge is 0.340 e. The lowest BCUT2D eigenvalue weighted by molar-refractivity contribution is 0.421. The molecule has 13 heavy (non-hydrogen) atoms. The molecule has 6 nitrogen and oxygen atoms in total. The number of imidazole rings is 1. The molecule has 0 radical (unpaired) electrons. The van der Waals surface area contributed by atoms with Crippen LogP contribution < -0.4 is 10.9 Å². The van der Waals surface area contributed by atoms with Crippen LogP contribution in [0.2, 0.25) is 0 Å². The normalized spacial score (nSPS) is 16.3. The molecule has 4 N–H and O–H groups in total. The minimum Gasteiger partial charge on any atom is -0.340 e. The third kappa shape index (κ3) is 1.06. The molecule has 0 aromatic carbocycles. The second-order valence-corrected chi connectivity index (χ2v) is 2.92. The first-order chi connectivity index (χ1) is 6.24. The summed E-state index contributed by atoms with van der Waals surface area (Å²) in [6.45, 7) is 3.28. The number of anilines is 1. The molecule has 0 unspecified atom stereocenters. The molecule has 1 aliphatic heterocycles. The fourth-order valence-corrected chi connectivity index (χ4v) is 1.42. The average molecular weight is 180 g/mol. The van der Waals surface area contributed by atoms with Crippen LogP contribution in [-0.2, 0) is 0 Å². The molecule has 1 aromatic heterocycles. The highest BCUT2D eigenvalue weighted by molar-refractivity contribution is 6.00. The van der Waals surface area contributed by atoms with Gasteiger partial charge in [0, 0.05) is 6.54 Å². The van der Waals surface area contributed by atoms with E-state index in [4.69, 9.17) is 11.3 Å². The van der Waals surface area contributed by atoms with Gasteiger partial charge in [0.25, 0.3) is 0 Å². The van der Waals surface area contributed by atoms with Crippen molar-refractivity contribution in [2.75, 3.05) is 18.2 Å². The Morgan fingerprint density at radius 3 is 3.23 bits per heavy atom. The summed E-state index contributed by atoms with van der Waals surface area (Å²) in [5.41, 5.74) is 0.690. The Morgan fingerprint density at radius 1 is 1.77 bits per heavy atom. The van der Waals surface area contributed by atoms with Gasteiger partial charge in [-0.05, 0) is 6.92 Å². The number of nitrogens with two attached hydrogens (primary N) is 1. The van der Waals surface area contributed by atoms with E-state index in [-0.39, 0.29) is 0 Å². The van der Waals surface area contributed by atoms with Crippen LogP contribution in [0.1, 0.15) is 12.6 Å². The van der Waals surface area contributed by atoms with Crippen LogP contribution in [-0.4, -0.2) is 33.9 Å². The number of hydrogen-bond donors (Lipinski definition) is 3. The zero-order valence-corrected chi connectivity index (χ0v) is 7.41. The highest BCUT2D eigenvalue weighted by atomic mass is 15.5. The number of nitrogens with one attached hydrogen (secondary N) is 2. The molecule has 70 valence electrons. The Morgan fingerprint density at radius 2 is 2.54 bits per heavy atom. The van der Waals surface area contributed by atoms with E-state index in [9.17, 15) is 0 Å². The fraction of sp³-hybridized carbons (Fsp3) is 0.429. The topological polar surface area (TPSA) is 85.0 Å². The van der Waals surface area contributed by atoms with Crippen molar-refractivity contribution in [3.05, 3.63) is 12.0 Å². The lowest BCUT2D eigenvalue weighted by Crippen LogP contribution is -2.49. The van der Waals surface area contributed by atoms with E-state index in [1.54, 1.807) is 6.33 Å². The molecule has 0 spiro atoms. The molecular formula is C7H12N6. The monoisotopic (exact) mass is 180 g/mol. The van der Waals surface area contributed by atoms with Gasteiger partial charge in [0.15, 0.2) is 5.82 Å². The minimum absolute atomic E-state index is 0.455. The summed E-state index contributed by atoms with van der Waals surface area (Å²) < 4.78 is 0. The molecule has 0 atom stereocenters. The van der Waals surface area contributed by atoms with Crippen molar-refractivity contribution in [1.82, 2.24) is 14.9 Å². The molecule has 0 aliphatic carbocycles. The van der Waals surface area contributed by atoms with Crippen molar-refractivity contribution in [3.8, 4) is 0 Å². The molecular weight excluding hydrogens is 168 g/mol. The summed E-state index contributed by atoms with van der Waals surface area (Å²) in [5.74, 6) is 6.83. The SMILES string of the molecule is CCN1CN(N)c2nc[nH]c2C1=N. The maximum atomic E-state index is 7.81. The smallest absolute Gasteiger partial charge is 0.173 e. The summed E-state index contributed by atoms with van der Waals surface area (Å²) >= 11 is 0. The van der Waals surface area contributed by atoms with Gasteiger partial charge < -0.3 is 9.88 Å². The average Bonchev–Trinajstić information content (AvgIpc) is 2.60. The number of aromatic nitrogens is 2. The number of nitrogens with zero attached hydrogens (tertiary/aromatic N) is 3. The molecule has 1 aliphatic rings. The fourth-order valence-electron chi connectivity index (χ4n) is 1.42. The molecule has 0 amide bonds. The lowest BCUT2D eigenvalue weighted by Gasteiger charge is -2.33. The predicted molar refractivity (Wildman–Crippen MR) is 49.3 cm³/mol. The van der Waals surface area contributed by atoms with E-state index < -0.39 is 0 Å². The minimum atomic E-state index is 0.455. The van der Waals surface area contributed by atoms with Crippen LogP contribution in [0.15, 0.2) is 6.33 Å². The number of amidine groups is 1. The van der Waals surface area contributed by atoms with E-state index in [0.717, 1.165) is 6.54 Å². The second-order valence-electron chi connectivity index (χ2n) is 2.92. The van der Waals surface area contributed by atoms with Gasteiger partial charge in [0.2, 0.25) is 0 Å². The van der Waals surface area contributed by atoms with Crippen LogP contribution in [0.3, 0.4) is 0 Å². The molecule has 2 heterocycles. The van der Waals surface area contributed by atoms with Gasteiger partial charge in [-0.1, -0.05) is 0 Å². The van der Waals surface area contributed by atoms with E-state index in [1.807, 2.05) is 11.8 Å². The Bertz CT molecular complexity index is 329. The van der Waals surface area contributed by atoms with Gasteiger partial charge in [-0.2, -0.15) is 0 Å². The second kappa shape index (κ2) is 2.74. The van der Waals surface area contributed by atoms with E-state index in [1.165, 1.54) is 5.01 Å². The molecule has 0 saturated heterocycles. The molecule has 2 rings (SSSR count). The van der Waals surface area contributed by atoms with Crippen LogP contribution >= 0.6 is 0 Å². The van der Waals surface area contributed by atoms with Gasteiger partial charge in [0.05, 0.1) is 6.33 Å². The van der Waals surface area contributed by atoms with Gasteiger partial charge >= 0.3 is 0 Å². The van der Waals surface area contributed by atoms with Crippen molar-refractivity contribution in [2.24, 2.45) is 5.84 Å². The van der Waals surface area contributed by atoms with Crippen molar-refractivity contribution in [3.63, 3.8) is 0 Å². The summed E-state index contributed by atoms with van der Waals surface area (Å²) in [6, 6.07) is 0. The summed E-state index contributed by atoms with van der Waals surface area (Å²) in [4.78, 5) is 8.80. The van der Waals surface area contributed by atoms with Crippen LogP contribution in [0, 0.1) is 5.41 Å². The highest BCUT2D eigenvalue weighted by Crippen LogP contribution is 2.20. The predicted octanol–water partition coefficient (Wildman–Crippen LogP) is -0.292. The maximum Gasteiger partial charge on any atom is 0.173 e. The number of fused-ring (bicyclic) bond motifs is 1. The van der Waals surface area contributed by atoms with Crippen LogP contribution in [0.5, 0.6) is 0 Å². The van der Waals surface area contributed by atoms with E-state index in [2.05, 4.69) is 9.97 Å². The first kappa shape index (κ1) is 8.06. The zero-order valence-electron chi connectivity index (χ0n) is 7.41. The van der Waals surface area contributed by atoms with E-state index in [0.29, 0.717) is 24.0 Å². The summed E-state index contributed by atoms with van der Waals surface area (Å²) in [5, 5.41) is 9.34.